The van der Waals surface area contributed by atoms with Crippen LogP contribution in [0.2, 0.25) is 0 Å². The molecular weight excluding hydrogens is 202 g/mol. The Balaban J connectivity index is 2.52. The fourth-order valence-electron chi connectivity index (χ4n) is 1.82. The summed E-state index contributed by atoms with van der Waals surface area (Å²) in [6, 6.07) is 4.12. The molecule has 0 spiro atoms. The van der Waals surface area contributed by atoms with Gasteiger partial charge in [0.1, 0.15) is 5.75 Å². The Hall–Kier alpha value is -1.51. The van der Waals surface area contributed by atoms with E-state index in [9.17, 15) is 4.79 Å². The number of nitrogens with one attached hydrogen (secondary N) is 1. The minimum atomic E-state index is -0.0852. The Morgan fingerprint density at radius 1 is 1.31 bits per heavy atom. The van der Waals surface area contributed by atoms with Crippen LogP contribution in [0.15, 0.2) is 12.1 Å². The van der Waals surface area contributed by atoms with Gasteiger partial charge in [0.2, 0.25) is 0 Å². The van der Waals surface area contributed by atoms with Crippen LogP contribution in [0.25, 0.3) is 0 Å². The van der Waals surface area contributed by atoms with Crippen molar-refractivity contribution >= 4 is 11.6 Å². The molecule has 2 rings (SSSR count). The number of rotatable bonds is 0. The first-order valence-electron chi connectivity index (χ1n) is 5.46. The third-order valence-electron chi connectivity index (χ3n) is 2.76. The Morgan fingerprint density at radius 3 is 2.62 bits per heavy atom. The van der Waals surface area contributed by atoms with Gasteiger partial charge in [0.05, 0.1) is 5.69 Å². The minimum absolute atomic E-state index is 0.0714. The first-order valence-corrected chi connectivity index (χ1v) is 5.46. The Morgan fingerprint density at radius 2 is 2.00 bits per heavy atom. The highest BCUT2D eigenvalue weighted by Gasteiger charge is 2.22. The smallest absolute Gasteiger partial charge is 0.262 e. The lowest BCUT2D eigenvalue weighted by atomic mass is 9.85. The van der Waals surface area contributed by atoms with Crippen LogP contribution in [0.4, 0.5) is 5.69 Å². The van der Waals surface area contributed by atoms with Gasteiger partial charge in [-0.05, 0) is 29.5 Å². The average Bonchev–Trinajstić information content (AvgIpc) is 2.15. The SMILES string of the molecule is Cc1cc(C(C)(C)C)cc2c1OCC(=O)N2. The van der Waals surface area contributed by atoms with E-state index >= 15 is 0 Å². The van der Waals surface area contributed by atoms with Gasteiger partial charge in [-0.1, -0.05) is 26.8 Å². The fraction of sp³-hybridized carbons (Fsp3) is 0.462. The number of carbonyl (C=O) groups excluding carboxylic acids is 1. The monoisotopic (exact) mass is 219 g/mol. The highest BCUT2D eigenvalue weighted by Crippen LogP contribution is 2.36. The summed E-state index contributed by atoms with van der Waals surface area (Å²) < 4.78 is 5.42. The molecule has 3 heteroatoms. The maximum atomic E-state index is 11.3. The number of ether oxygens (including phenoxy) is 1. The molecule has 16 heavy (non-hydrogen) atoms. The number of fused-ring (bicyclic) bond motifs is 1. The van der Waals surface area contributed by atoms with Crippen molar-refractivity contribution in [2.75, 3.05) is 11.9 Å². The molecule has 1 aromatic carbocycles. The molecule has 0 saturated carbocycles. The standard InChI is InChI=1S/C13H17NO2/c1-8-5-9(13(2,3)4)6-10-12(8)16-7-11(15)14-10/h5-6H,7H2,1-4H3,(H,14,15). The van der Waals surface area contributed by atoms with Gasteiger partial charge >= 0.3 is 0 Å². The predicted octanol–water partition coefficient (Wildman–Crippen LogP) is 2.62. The van der Waals surface area contributed by atoms with Crippen molar-refractivity contribution < 1.29 is 9.53 Å². The average molecular weight is 219 g/mol. The van der Waals surface area contributed by atoms with Crippen LogP contribution in [0.3, 0.4) is 0 Å². The van der Waals surface area contributed by atoms with Gasteiger partial charge < -0.3 is 10.1 Å². The predicted molar refractivity (Wildman–Crippen MR) is 64.0 cm³/mol. The van der Waals surface area contributed by atoms with Gasteiger partial charge in [0.25, 0.3) is 5.91 Å². The summed E-state index contributed by atoms with van der Waals surface area (Å²) in [7, 11) is 0. The molecule has 0 aliphatic carbocycles. The van der Waals surface area contributed by atoms with E-state index in [4.69, 9.17) is 4.74 Å². The van der Waals surface area contributed by atoms with Crippen molar-refractivity contribution in [3.8, 4) is 5.75 Å². The van der Waals surface area contributed by atoms with Crippen LogP contribution >= 0.6 is 0 Å². The molecule has 0 atom stereocenters. The van der Waals surface area contributed by atoms with Crippen molar-refractivity contribution in [3.05, 3.63) is 23.3 Å². The number of hydrogen-bond donors (Lipinski definition) is 1. The van der Waals surface area contributed by atoms with Gasteiger partial charge in [-0.3, -0.25) is 4.79 Å². The van der Waals surface area contributed by atoms with Crippen LogP contribution < -0.4 is 10.1 Å². The third kappa shape index (κ3) is 1.90. The van der Waals surface area contributed by atoms with Crippen LogP contribution in [0.5, 0.6) is 5.75 Å². The van der Waals surface area contributed by atoms with Gasteiger partial charge in [-0.25, -0.2) is 0 Å². The number of aryl methyl sites for hydroxylation is 1. The molecule has 86 valence electrons. The largest absolute Gasteiger partial charge is 0.481 e. The Kier molecular flexibility index (Phi) is 2.41. The molecule has 1 aromatic rings. The summed E-state index contributed by atoms with van der Waals surface area (Å²) in [6.07, 6.45) is 0. The maximum Gasteiger partial charge on any atom is 0.262 e. The summed E-state index contributed by atoms with van der Waals surface area (Å²) >= 11 is 0. The molecule has 0 unspecified atom stereocenters. The van der Waals surface area contributed by atoms with E-state index < -0.39 is 0 Å². The summed E-state index contributed by atoms with van der Waals surface area (Å²) in [4.78, 5) is 11.3. The van der Waals surface area contributed by atoms with E-state index in [2.05, 4.69) is 32.2 Å². The molecule has 1 heterocycles. The molecule has 0 aromatic heterocycles. The number of hydrogen-bond acceptors (Lipinski definition) is 2. The summed E-state index contributed by atoms with van der Waals surface area (Å²) in [5.41, 5.74) is 3.14. The molecule has 1 aliphatic rings. The summed E-state index contributed by atoms with van der Waals surface area (Å²) in [5, 5.41) is 2.85. The zero-order chi connectivity index (χ0) is 11.9. The number of anilines is 1. The molecule has 1 N–H and O–H groups in total. The second-order valence-electron chi connectivity index (χ2n) is 5.26. The number of amides is 1. The lowest BCUT2D eigenvalue weighted by Gasteiger charge is -2.25. The lowest BCUT2D eigenvalue weighted by molar-refractivity contribution is -0.118. The van der Waals surface area contributed by atoms with E-state index in [0.29, 0.717) is 0 Å². The van der Waals surface area contributed by atoms with E-state index in [1.165, 1.54) is 5.56 Å². The highest BCUT2D eigenvalue weighted by atomic mass is 16.5. The van der Waals surface area contributed by atoms with Crippen LogP contribution in [-0.4, -0.2) is 12.5 Å². The number of benzene rings is 1. The van der Waals surface area contributed by atoms with Crippen molar-refractivity contribution in [1.82, 2.24) is 0 Å². The fourth-order valence-corrected chi connectivity index (χ4v) is 1.82. The summed E-state index contributed by atoms with van der Waals surface area (Å²) in [5.74, 6) is 0.713. The van der Waals surface area contributed by atoms with E-state index in [-0.39, 0.29) is 17.9 Å². The van der Waals surface area contributed by atoms with Crippen molar-refractivity contribution in [2.45, 2.75) is 33.1 Å². The third-order valence-corrected chi connectivity index (χ3v) is 2.76. The van der Waals surface area contributed by atoms with E-state index in [0.717, 1.165) is 17.0 Å². The van der Waals surface area contributed by atoms with E-state index in [1.54, 1.807) is 0 Å². The molecule has 0 radical (unpaired) electrons. The van der Waals surface area contributed by atoms with Gasteiger partial charge in [0, 0.05) is 0 Å². The molecule has 1 aliphatic heterocycles. The first kappa shape index (κ1) is 11.0. The highest BCUT2D eigenvalue weighted by molar-refractivity contribution is 5.95. The van der Waals surface area contributed by atoms with Gasteiger partial charge in [0.15, 0.2) is 6.61 Å². The first-order chi connectivity index (χ1) is 7.38. The molecule has 0 fully saturated rings. The van der Waals surface area contributed by atoms with Crippen molar-refractivity contribution in [1.29, 1.82) is 0 Å². The van der Waals surface area contributed by atoms with Crippen molar-refractivity contribution in [2.24, 2.45) is 0 Å². The topological polar surface area (TPSA) is 38.3 Å². The molecule has 1 amide bonds. The second kappa shape index (κ2) is 3.51. The second-order valence-corrected chi connectivity index (χ2v) is 5.26. The van der Waals surface area contributed by atoms with Crippen molar-refractivity contribution in [3.63, 3.8) is 0 Å². The zero-order valence-corrected chi connectivity index (χ0v) is 10.2. The van der Waals surface area contributed by atoms with Crippen LogP contribution in [0.1, 0.15) is 31.9 Å². The Bertz CT molecular complexity index is 444. The van der Waals surface area contributed by atoms with Gasteiger partial charge in [-0.15, -0.1) is 0 Å². The normalized spacial score (nSPS) is 15.1. The lowest BCUT2D eigenvalue weighted by Crippen LogP contribution is -2.26. The minimum Gasteiger partial charge on any atom is -0.481 e. The van der Waals surface area contributed by atoms with E-state index in [1.807, 2.05) is 13.0 Å². The maximum absolute atomic E-state index is 11.3. The Labute approximate surface area is 95.8 Å². The quantitative estimate of drug-likeness (QED) is 0.728. The zero-order valence-electron chi connectivity index (χ0n) is 10.2. The molecule has 3 nitrogen and oxygen atoms in total. The number of carbonyl (C=O) groups is 1. The van der Waals surface area contributed by atoms with Gasteiger partial charge in [-0.2, -0.15) is 0 Å². The van der Waals surface area contributed by atoms with Crippen LogP contribution in [-0.2, 0) is 10.2 Å². The molecule has 0 bridgehead atoms. The summed E-state index contributed by atoms with van der Waals surface area (Å²) in [6.45, 7) is 8.58. The molecule has 0 saturated heterocycles. The van der Waals surface area contributed by atoms with Crippen LogP contribution in [0, 0.1) is 6.92 Å². The molecular formula is C13H17NO2.